The van der Waals surface area contributed by atoms with Gasteiger partial charge in [-0.2, -0.15) is 4.72 Å². The highest BCUT2D eigenvalue weighted by molar-refractivity contribution is 7.89. The quantitative estimate of drug-likeness (QED) is 0.629. The van der Waals surface area contributed by atoms with Gasteiger partial charge in [-0.3, -0.25) is 9.59 Å². The highest BCUT2D eigenvalue weighted by atomic mass is 35.5. The first-order valence-electron chi connectivity index (χ1n) is 8.18. The van der Waals surface area contributed by atoms with Crippen molar-refractivity contribution in [1.29, 1.82) is 0 Å². The van der Waals surface area contributed by atoms with Crippen LogP contribution in [-0.2, 0) is 14.8 Å². The van der Waals surface area contributed by atoms with Gasteiger partial charge in [0, 0.05) is 12.6 Å². The van der Waals surface area contributed by atoms with E-state index in [1.165, 1.54) is 31.3 Å². The van der Waals surface area contributed by atoms with Gasteiger partial charge in [-0.25, -0.2) is 8.42 Å². The molecule has 2 aromatic rings. The van der Waals surface area contributed by atoms with Gasteiger partial charge < -0.3 is 10.2 Å². The zero-order chi connectivity index (χ0) is 21.6. The first kappa shape index (κ1) is 22.7. The Bertz CT molecular complexity index is 1060. The van der Waals surface area contributed by atoms with Crippen molar-refractivity contribution in [3.8, 4) is 12.3 Å². The van der Waals surface area contributed by atoms with Crippen LogP contribution in [0.25, 0.3) is 0 Å². The molecule has 0 aliphatic heterocycles. The Balaban J connectivity index is 2.11. The number of likely N-dealkylation sites (N-methyl/N-ethyl adjacent to an activating group) is 1. The molecule has 0 radical (unpaired) electrons. The molecule has 152 valence electrons. The number of halogens is 2. The number of rotatable bonds is 7. The van der Waals surface area contributed by atoms with Crippen LogP contribution in [-0.4, -0.2) is 45.3 Å². The third kappa shape index (κ3) is 5.95. The van der Waals surface area contributed by atoms with E-state index < -0.39 is 21.8 Å². The van der Waals surface area contributed by atoms with Crippen molar-refractivity contribution in [2.45, 2.75) is 4.90 Å². The van der Waals surface area contributed by atoms with Crippen molar-refractivity contribution in [3.63, 3.8) is 0 Å². The molecule has 0 aromatic heterocycles. The number of anilines is 1. The number of para-hydroxylation sites is 1. The zero-order valence-corrected chi connectivity index (χ0v) is 17.6. The number of hydrogen-bond donors (Lipinski definition) is 2. The Morgan fingerprint density at radius 2 is 1.76 bits per heavy atom. The van der Waals surface area contributed by atoms with Crippen LogP contribution in [0.5, 0.6) is 0 Å². The third-order valence-corrected chi connectivity index (χ3v) is 5.74. The zero-order valence-electron chi connectivity index (χ0n) is 15.3. The number of carbonyl (C=O) groups excluding carboxylic acids is 2. The maximum Gasteiger partial charge on any atom is 0.254 e. The van der Waals surface area contributed by atoms with Gasteiger partial charge in [-0.05, 0) is 30.3 Å². The molecule has 0 saturated heterocycles. The lowest BCUT2D eigenvalue weighted by Gasteiger charge is -2.18. The largest absolute Gasteiger partial charge is 0.332 e. The van der Waals surface area contributed by atoms with Gasteiger partial charge in [-0.15, -0.1) is 6.42 Å². The normalized spacial score (nSPS) is 10.8. The van der Waals surface area contributed by atoms with Crippen LogP contribution >= 0.6 is 23.2 Å². The molecule has 2 aromatic carbocycles. The Kier molecular flexibility index (Phi) is 7.65. The highest BCUT2D eigenvalue weighted by Gasteiger charge is 2.19. The van der Waals surface area contributed by atoms with Crippen LogP contribution in [0.1, 0.15) is 10.4 Å². The lowest BCUT2D eigenvalue weighted by Crippen LogP contribution is -2.35. The summed E-state index contributed by atoms with van der Waals surface area (Å²) in [7, 11) is -2.44. The number of nitrogens with zero attached hydrogens (tertiary/aromatic N) is 1. The number of nitrogens with one attached hydrogen (secondary N) is 2. The van der Waals surface area contributed by atoms with E-state index in [-0.39, 0.29) is 39.3 Å². The summed E-state index contributed by atoms with van der Waals surface area (Å²) in [4.78, 5) is 25.9. The Labute approximate surface area is 179 Å². The molecule has 0 unspecified atom stereocenters. The predicted octanol–water partition coefficient (Wildman–Crippen LogP) is 2.62. The second kappa shape index (κ2) is 9.76. The summed E-state index contributed by atoms with van der Waals surface area (Å²) in [5.41, 5.74) is 0.342. The summed E-state index contributed by atoms with van der Waals surface area (Å²) in [5, 5.41) is 3.08. The maximum atomic E-state index is 12.6. The van der Waals surface area contributed by atoms with Crippen LogP contribution in [0.4, 0.5) is 5.69 Å². The third-order valence-electron chi connectivity index (χ3n) is 3.71. The molecule has 0 aliphatic rings. The van der Waals surface area contributed by atoms with Crippen LogP contribution in [0.3, 0.4) is 0 Å². The Hall–Kier alpha value is -2.57. The average molecular weight is 454 g/mol. The number of amides is 2. The first-order valence-corrected chi connectivity index (χ1v) is 10.4. The molecule has 0 aliphatic carbocycles. The molecule has 0 saturated carbocycles. The topological polar surface area (TPSA) is 95.6 Å². The van der Waals surface area contributed by atoms with E-state index >= 15 is 0 Å². The number of terminal acetylenes is 1. The lowest BCUT2D eigenvalue weighted by atomic mass is 10.2. The maximum absolute atomic E-state index is 12.6. The van der Waals surface area contributed by atoms with Crippen molar-refractivity contribution < 1.29 is 18.0 Å². The van der Waals surface area contributed by atoms with Gasteiger partial charge in [0.05, 0.1) is 33.7 Å². The van der Waals surface area contributed by atoms with Crippen molar-refractivity contribution in [2.24, 2.45) is 0 Å². The summed E-state index contributed by atoms with van der Waals surface area (Å²) >= 11 is 12.0. The van der Waals surface area contributed by atoms with E-state index in [2.05, 4.69) is 16.0 Å². The van der Waals surface area contributed by atoms with Crippen LogP contribution in [0.15, 0.2) is 47.4 Å². The summed E-state index contributed by atoms with van der Waals surface area (Å²) in [6.07, 6.45) is 5.06. The van der Waals surface area contributed by atoms with E-state index in [9.17, 15) is 18.0 Å². The summed E-state index contributed by atoms with van der Waals surface area (Å²) in [5.74, 6) is 1.11. The van der Waals surface area contributed by atoms with Gasteiger partial charge >= 0.3 is 0 Å². The van der Waals surface area contributed by atoms with Gasteiger partial charge in [0.25, 0.3) is 5.91 Å². The average Bonchev–Trinajstić information content (AvgIpc) is 2.68. The summed E-state index contributed by atoms with van der Waals surface area (Å²) < 4.78 is 26.5. The minimum Gasteiger partial charge on any atom is -0.332 e. The lowest BCUT2D eigenvalue weighted by molar-refractivity contribution is -0.116. The molecular formula is C19H17Cl2N3O4S. The van der Waals surface area contributed by atoms with E-state index in [4.69, 9.17) is 29.6 Å². The molecule has 7 nitrogen and oxygen atoms in total. The monoisotopic (exact) mass is 453 g/mol. The minimum absolute atomic E-state index is 0.0969. The molecule has 29 heavy (non-hydrogen) atoms. The van der Waals surface area contributed by atoms with E-state index in [1.54, 1.807) is 18.2 Å². The number of hydrogen-bond acceptors (Lipinski definition) is 4. The molecule has 0 heterocycles. The molecule has 0 fully saturated rings. The fraction of sp³-hybridized carbons (Fsp3) is 0.158. The van der Waals surface area contributed by atoms with Gasteiger partial charge in [0.15, 0.2) is 0 Å². The predicted molar refractivity (Wildman–Crippen MR) is 113 cm³/mol. The molecule has 2 N–H and O–H groups in total. The fourth-order valence-electron chi connectivity index (χ4n) is 2.32. The SMILES string of the molecule is C#CCNS(=O)(=O)c1cccc(C(=O)N(C)CC(=O)Nc2c(Cl)cccc2Cl)c1. The van der Waals surface area contributed by atoms with Gasteiger partial charge in [0.1, 0.15) is 0 Å². The second-order valence-corrected chi connectivity index (χ2v) is 8.44. The van der Waals surface area contributed by atoms with Crippen LogP contribution in [0, 0.1) is 12.3 Å². The number of sulfonamides is 1. The molecule has 0 spiro atoms. The number of benzene rings is 2. The number of carbonyl (C=O) groups is 2. The van der Waals surface area contributed by atoms with Gasteiger partial charge in [-0.1, -0.05) is 41.3 Å². The fourth-order valence-corrected chi connectivity index (χ4v) is 3.79. The van der Waals surface area contributed by atoms with Crippen LogP contribution in [0.2, 0.25) is 10.0 Å². The van der Waals surface area contributed by atoms with Crippen molar-refractivity contribution in [2.75, 3.05) is 25.5 Å². The molecular weight excluding hydrogens is 437 g/mol. The first-order chi connectivity index (χ1) is 13.7. The van der Waals surface area contributed by atoms with E-state index in [0.717, 1.165) is 4.90 Å². The second-order valence-electron chi connectivity index (χ2n) is 5.86. The van der Waals surface area contributed by atoms with Gasteiger partial charge in [0.2, 0.25) is 15.9 Å². The van der Waals surface area contributed by atoms with Crippen molar-refractivity contribution in [1.82, 2.24) is 9.62 Å². The smallest absolute Gasteiger partial charge is 0.254 e. The molecule has 2 amide bonds. The minimum atomic E-state index is -3.85. The molecule has 10 heteroatoms. The van der Waals surface area contributed by atoms with Crippen molar-refractivity contribution in [3.05, 3.63) is 58.1 Å². The van der Waals surface area contributed by atoms with E-state index in [0.29, 0.717) is 0 Å². The molecule has 0 atom stereocenters. The summed E-state index contributed by atoms with van der Waals surface area (Å²) in [6, 6.07) is 10.2. The van der Waals surface area contributed by atoms with E-state index in [1.807, 2.05) is 0 Å². The Morgan fingerprint density at radius 3 is 2.38 bits per heavy atom. The highest BCUT2D eigenvalue weighted by Crippen LogP contribution is 2.29. The Morgan fingerprint density at radius 1 is 1.14 bits per heavy atom. The van der Waals surface area contributed by atoms with Crippen molar-refractivity contribution >= 4 is 50.7 Å². The molecule has 2 rings (SSSR count). The standard InChI is InChI=1S/C19H17Cl2N3O4S/c1-3-10-22-29(27,28)14-7-4-6-13(11-14)19(26)24(2)12-17(25)23-18-15(20)8-5-9-16(18)21/h1,4-9,11,22H,10,12H2,2H3,(H,23,25). The molecule has 0 bridgehead atoms. The van der Waals surface area contributed by atoms with Crippen LogP contribution < -0.4 is 10.0 Å². The summed E-state index contributed by atoms with van der Waals surface area (Å²) in [6.45, 7) is -0.474.